The summed E-state index contributed by atoms with van der Waals surface area (Å²) >= 11 is 0. The summed E-state index contributed by atoms with van der Waals surface area (Å²) in [5.74, 6) is 2.01. The molecule has 1 heterocycles. The Morgan fingerprint density at radius 1 is 1.15 bits per heavy atom. The summed E-state index contributed by atoms with van der Waals surface area (Å²) in [7, 11) is 0. The Balaban J connectivity index is 1.90. The lowest BCUT2D eigenvalue weighted by atomic mass is 9.77. The molecule has 2 heteroatoms. The number of allylic oxidation sites excluding steroid dienone is 1. The first kappa shape index (κ1) is 19.3. The number of benzene rings is 1. The molecule has 0 aromatic heterocycles. The lowest BCUT2D eigenvalue weighted by Gasteiger charge is -2.28. The molecule has 0 saturated carbocycles. The van der Waals surface area contributed by atoms with E-state index in [0.29, 0.717) is 11.7 Å². The average Bonchev–Trinajstić information content (AvgIpc) is 2.78. The van der Waals surface area contributed by atoms with Gasteiger partial charge in [0.05, 0.1) is 12.2 Å². The number of phenols is 1. The fraction of sp³-hybridized carbons (Fsp3) is 0.667. The maximum absolute atomic E-state index is 10.9. The van der Waals surface area contributed by atoms with Crippen molar-refractivity contribution in [2.45, 2.75) is 90.9 Å². The zero-order chi connectivity index (χ0) is 18.7. The van der Waals surface area contributed by atoms with Gasteiger partial charge >= 0.3 is 0 Å². The Morgan fingerprint density at radius 2 is 1.96 bits per heavy atom. The van der Waals surface area contributed by atoms with E-state index in [1.54, 1.807) is 0 Å². The van der Waals surface area contributed by atoms with E-state index in [4.69, 9.17) is 4.74 Å². The van der Waals surface area contributed by atoms with Crippen LogP contribution in [0.15, 0.2) is 17.7 Å². The van der Waals surface area contributed by atoms with Crippen molar-refractivity contribution in [2.24, 2.45) is 5.92 Å². The minimum absolute atomic E-state index is 0.0625. The number of ether oxygens (including phenoxy) is 1. The summed E-state index contributed by atoms with van der Waals surface area (Å²) in [6, 6.07) is 4.22. The first-order chi connectivity index (χ1) is 12.4. The van der Waals surface area contributed by atoms with E-state index in [-0.39, 0.29) is 5.41 Å². The van der Waals surface area contributed by atoms with Crippen molar-refractivity contribution in [2.75, 3.05) is 6.61 Å². The molecule has 26 heavy (non-hydrogen) atoms. The van der Waals surface area contributed by atoms with Gasteiger partial charge in [-0.15, -0.1) is 0 Å². The van der Waals surface area contributed by atoms with Gasteiger partial charge in [-0.25, -0.2) is 0 Å². The maximum atomic E-state index is 10.9. The molecule has 0 bridgehead atoms. The molecule has 1 unspecified atom stereocenters. The van der Waals surface area contributed by atoms with Crippen LogP contribution in [0.5, 0.6) is 11.5 Å². The van der Waals surface area contributed by atoms with Crippen LogP contribution in [0, 0.1) is 5.92 Å². The highest BCUT2D eigenvalue weighted by molar-refractivity contribution is 5.79. The third-order valence-electron chi connectivity index (χ3n) is 6.40. The predicted molar refractivity (Wildman–Crippen MR) is 110 cm³/mol. The number of rotatable bonds is 6. The van der Waals surface area contributed by atoms with E-state index < -0.39 is 0 Å². The number of unbranched alkanes of at least 4 members (excludes halogenated alkanes) is 3. The number of phenolic OH excluding ortho intramolecular Hbond substituents is 1. The van der Waals surface area contributed by atoms with Gasteiger partial charge in [0.2, 0.25) is 0 Å². The van der Waals surface area contributed by atoms with Crippen LogP contribution in [0.25, 0.3) is 5.57 Å². The number of aromatic hydroxyl groups is 1. The smallest absolute Gasteiger partial charge is 0.130 e. The Bertz CT molecular complexity index is 669. The second-order valence-electron chi connectivity index (χ2n) is 9.09. The fourth-order valence-electron chi connectivity index (χ4n) is 4.55. The van der Waals surface area contributed by atoms with Crippen molar-refractivity contribution >= 4 is 5.57 Å². The average molecular weight is 357 g/mol. The molecule has 3 rings (SSSR count). The highest BCUT2D eigenvalue weighted by Gasteiger charge is 2.29. The summed E-state index contributed by atoms with van der Waals surface area (Å²) in [4.78, 5) is 0. The molecule has 0 radical (unpaired) electrons. The van der Waals surface area contributed by atoms with Gasteiger partial charge in [-0.3, -0.25) is 0 Å². The number of fused-ring (bicyclic) bond motifs is 2. The van der Waals surface area contributed by atoms with Gasteiger partial charge in [-0.05, 0) is 60.3 Å². The van der Waals surface area contributed by atoms with Crippen LogP contribution in [0.3, 0.4) is 0 Å². The molecule has 2 aliphatic rings. The van der Waals surface area contributed by atoms with E-state index >= 15 is 0 Å². The van der Waals surface area contributed by atoms with Crippen LogP contribution in [0.2, 0.25) is 0 Å². The number of hydrogen-bond donors (Lipinski definition) is 1. The van der Waals surface area contributed by atoms with Gasteiger partial charge in [-0.2, -0.15) is 0 Å². The highest BCUT2D eigenvalue weighted by atomic mass is 16.5. The Hall–Kier alpha value is -1.44. The van der Waals surface area contributed by atoms with Gasteiger partial charge in [0.1, 0.15) is 11.5 Å². The van der Waals surface area contributed by atoms with Crippen molar-refractivity contribution in [3.8, 4) is 11.5 Å². The minimum atomic E-state index is 0.0625. The first-order valence-electron chi connectivity index (χ1n) is 10.6. The molecule has 0 spiro atoms. The first-order valence-corrected chi connectivity index (χ1v) is 10.6. The summed E-state index contributed by atoms with van der Waals surface area (Å²) in [6.45, 7) is 9.90. The fourth-order valence-corrected chi connectivity index (χ4v) is 4.55. The second-order valence-corrected chi connectivity index (χ2v) is 9.09. The Labute approximate surface area is 159 Å². The zero-order valence-corrected chi connectivity index (χ0v) is 17.2. The van der Waals surface area contributed by atoms with Crippen molar-refractivity contribution in [1.29, 1.82) is 0 Å². The molecule has 0 fully saturated rings. The molecule has 0 saturated heterocycles. The molecule has 1 aromatic rings. The molecule has 1 aliphatic heterocycles. The largest absolute Gasteiger partial charge is 0.507 e. The van der Waals surface area contributed by atoms with Crippen LogP contribution >= 0.6 is 0 Å². The molecule has 1 atom stereocenters. The van der Waals surface area contributed by atoms with E-state index in [2.05, 4.69) is 33.8 Å². The van der Waals surface area contributed by atoms with Gasteiger partial charge in [-0.1, -0.05) is 59.0 Å². The quantitative estimate of drug-likeness (QED) is 0.556. The van der Waals surface area contributed by atoms with Crippen LogP contribution in [0.1, 0.15) is 96.6 Å². The third-order valence-corrected chi connectivity index (χ3v) is 6.40. The van der Waals surface area contributed by atoms with Crippen LogP contribution in [-0.2, 0) is 5.41 Å². The monoisotopic (exact) mass is 356 g/mol. The van der Waals surface area contributed by atoms with Crippen molar-refractivity contribution in [1.82, 2.24) is 0 Å². The Kier molecular flexibility index (Phi) is 5.99. The third kappa shape index (κ3) is 4.10. The van der Waals surface area contributed by atoms with Gasteiger partial charge in [0.25, 0.3) is 0 Å². The Morgan fingerprint density at radius 3 is 2.73 bits per heavy atom. The number of hydrogen-bond acceptors (Lipinski definition) is 2. The summed E-state index contributed by atoms with van der Waals surface area (Å²) in [6.07, 6.45) is 10.8. The minimum Gasteiger partial charge on any atom is -0.507 e. The van der Waals surface area contributed by atoms with Gasteiger partial charge in [0, 0.05) is 6.42 Å². The van der Waals surface area contributed by atoms with E-state index in [1.807, 2.05) is 6.07 Å². The summed E-state index contributed by atoms with van der Waals surface area (Å²) in [5, 5.41) is 10.9. The van der Waals surface area contributed by atoms with E-state index in [1.165, 1.54) is 48.8 Å². The lowest BCUT2D eigenvalue weighted by molar-refractivity contribution is 0.318. The normalized spacial score (nSPS) is 20.2. The lowest BCUT2D eigenvalue weighted by Crippen LogP contribution is -2.17. The van der Waals surface area contributed by atoms with E-state index in [9.17, 15) is 5.11 Å². The molecule has 1 aromatic carbocycles. The second kappa shape index (κ2) is 8.06. The maximum Gasteiger partial charge on any atom is 0.130 e. The molecule has 1 aliphatic carbocycles. The van der Waals surface area contributed by atoms with Crippen molar-refractivity contribution in [3.05, 3.63) is 28.8 Å². The summed E-state index contributed by atoms with van der Waals surface area (Å²) < 4.78 is 6.13. The van der Waals surface area contributed by atoms with Crippen LogP contribution < -0.4 is 4.74 Å². The molecule has 2 nitrogen and oxygen atoms in total. The van der Waals surface area contributed by atoms with Gasteiger partial charge < -0.3 is 9.84 Å². The molecule has 144 valence electrons. The topological polar surface area (TPSA) is 29.5 Å². The van der Waals surface area contributed by atoms with Crippen molar-refractivity contribution < 1.29 is 9.84 Å². The van der Waals surface area contributed by atoms with Crippen LogP contribution in [0.4, 0.5) is 0 Å². The zero-order valence-electron chi connectivity index (χ0n) is 17.2. The standard InChI is InChI=1S/C24H36O2/c1-5-6-7-8-12-24(3,4)19-15-21(25)23-20-14-17(2)9-10-18(20)11-13-26-22(23)16-19/h15-17,25H,5-14H2,1-4H3. The summed E-state index contributed by atoms with van der Waals surface area (Å²) in [5.41, 5.74) is 5.12. The van der Waals surface area contributed by atoms with Crippen molar-refractivity contribution in [3.63, 3.8) is 0 Å². The highest BCUT2D eigenvalue weighted by Crippen LogP contribution is 2.47. The van der Waals surface area contributed by atoms with Crippen LogP contribution in [-0.4, -0.2) is 11.7 Å². The molecule has 1 N–H and O–H groups in total. The van der Waals surface area contributed by atoms with E-state index in [0.717, 1.165) is 43.6 Å². The SMILES string of the molecule is CCCCCCC(C)(C)c1cc(O)c2c(c1)OCCC1=C2CC(C)CC1. The molecular weight excluding hydrogens is 320 g/mol. The predicted octanol–water partition coefficient (Wildman–Crippen LogP) is 7.00. The van der Waals surface area contributed by atoms with Gasteiger partial charge in [0.15, 0.2) is 0 Å². The molecular formula is C24H36O2. The molecule has 0 amide bonds.